The van der Waals surface area contributed by atoms with Gasteiger partial charge in [0, 0.05) is 29.9 Å². The molecule has 0 bridgehead atoms. The molecule has 0 saturated carbocycles. The Morgan fingerprint density at radius 3 is 2.68 bits per heavy atom. The number of anilines is 1. The number of alkyl halides is 3. The molecule has 0 aliphatic rings. The van der Waals surface area contributed by atoms with Gasteiger partial charge in [0.2, 0.25) is 5.95 Å². The van der Waals surface area contributed by atoms with Gasteiger partial charge < -0.3 is 5.32 Å². The number of hydrogen-bond acceptors (Lipinski definition) is 4. The van der Waals surface area contributed by atoms with Gasteiger partial charge in [-0.25, -0.2) is 9.50 Å². The summed E-state index contributed by atoms with van der Waals surface area (Å²) in [5.41, 5.74) is 1.72. The van der Waals surface area contributed by atoms with E-state index in [1.807, 2.05) is 36.4 Å². The molecule has 1 aromatic carbocycles. The SMILES string of the molecule is CC(C)(CNc1ncc2c(-c3ccc4ncccc4c3)ccn2n1)C(F)(F)F. The van der Waals surface area contributed by atoms with Crippen LogP contribution in [0, 0.1) is 5.41 Å². The van der Waals surface area contributed by atoms with Crippen LogP contribution in [0.15, 0.2) is 55.0 Å². The molecule has 0 atom stereocenters. The second kappa shape index (κ2) is 6.47. The van der Waals surface area contributed by atoms with Gasteiger partial charge in [-0.05, 0) is 43.7 Å². The quantitative estimate of drug-likeness (QED) is 0.540. The summed E-state index contributed by atoms with van der Waals surface area (Å²) in [7, 11) is 0. The molecule has 8 heteroatoms. The van der Waals surface area contributed by atoms with Crippen LogP contribution in [0.25, 0.3) is 27.5 Å². The fourth-order valence-corrected chi connectivity index (χ4v) is 2.87. The number of nitrogens with one attached hydrogen (secondary N) is 1. The van der Waals surface area contributed by atoms with E-state index in [2.05, 4.69) is 20.4 Å². The highest BCUT2D eigenvalue weighted by Gasteiger charge is 2.47. The van der Waals surface area contributed by atoms with Gasteiger partial charge in [-0.1, -0.05) is 12.1 Å². The van der Waals surface area contributed by atoms with Crippen molar-refractivity contribution < 1.29 is 13.2 Å². The van der Waals surface area contributed by atoms with E-state index in [1.165, 1.54) is 0 Å². The lowest BCUT2D eigenvalue weighted by Gasteiger charge is -2.27. The van der Waals surface area contributed by atoms with E-state index in [0.717, 1.165) is 41.4 Å². The maximum atomic E-state index is 13.0. The van der Waals surface area contributed by atoms with Crippen molar-refractivity contribution in [1.29, 1.82) is 0 Å². The van der Waals surface area contributed by atoms with Crippen LogP contribution in [0.5, 0.6) is 0 Å². The standard InChI is InChI=1S/C20H18F3N5/c1-19(2,20(21,22)23)12-26-18-25-11-17-15(7-9-28(17)27-18)13-5-6-16-14(10-13)4-3-8-24-16/h3-11H,12H2,1-2H3,(H,26,27). The molecule has 0 unspecified atom stereocenters. The van der Waals surface area contributed by atoms with Crippen molar-refractivity contribution in [2.24, 2.45) is 5.41 Å². The molecule has 4 rings (SSSR count). The Bertz CT molecular complexity index is 1150. The van der Waals surface area contributed by atoms with Gasteiger partial charge in [0.25, 0.3) is 0 Å². The summed E-state index contributed by atoms with van der Waals surface area (Å²) >= 11 is 0. The highest BCUT2D eigenvalue weighted by Crippen LogP contribution is 2.37. The number of hydrogen-bond donors (Lipinski definition) is 1. The van der Waals surface area contributed by atoms with E-state index in [4.69, 9.17) is 0 Å². The molecule has 1 N–H and O–H groups in total. The molecule has 3 heterocycles. The summed E-state index contributed by atoms with van der Waals surface area (Å²) in [6.07, 6.45) is 0.812. The number of benzene rings is 1. The molecule has 0 fully saturated rings. The Labute approximate surface area is 159 Å². The third kappa shape index (κ3) is 3.26. The zero-order valence-corrected chi connectivity index (χ0v) is 15.3. The van der Waals surface area contributed by atoms with Crippen LogP contribution in [0.2, 0.25) is 0 Å². The smallest absolute Gasteiger partial charge is 0.352 e. The highest BCUT2D eigenvalue weighted by atomic mass is 19.4. The summed E-state index contributed by atoms with van der Waals surface area (Å²) in [4.78, 5) is 8.51. The molecule has 3 aromatic heterocycles. The Morgan fingerprint density at radius 2 is 1.89 bits per heavy atom. The van der Waals surface area contributed by atoms with Gasteiger partial charge in [-0.2, -0.15) is 13.2 Å². The summed E-state index contributed by atoms with van der Waals surface area (Å²) in [6, 6.07) is 11.7. The van der Waals surface area contributed by atoms with Crippen LogP contribution >= 0.6 is 0 Å². The minimum Gasteiger partial charge on any atom is -0.352 e. The third-order valence-electron chi connectivity index (χ3n) is 4.79. The maximum Gasteiger partial charge on any atom is 0.395 e. The van der Waals surface area contributed by atoms with Crippen molar-refractivity contribution in [1.82, 2.24) is 19.6 Å². The van der Waals surface area contributed by atoms with Crippen molar-refractivity contribution in [2.75, 3.05) is 11.9 Å². The monoisotopic (exact) mass is 385 g/mol. The van der Waals surface area contributed by atoms with Gasteiger partial charge in [0.05, 0.1) is 22.6 Å². The van der Waals surface area contributed by atoms with Gasteiger partial charge in [-0.3, -0.25) is 4.98 Å². The van der Waals surface area contributed by atoms with Gasteiger partial charge >= 0.3 is 6.18 Å². The highest BCUT2D eigenvalue weighted by molar-refractivity contribution is 5.88. The Balaban J connectivity index is 1.62. The van der Waals surface area contributed by atoms with Crippen LogP contribution in [0.3, 0.4) is 0 Å². The van der Waals surface area contributed by atoms with E-state index in [0.29, 0.717) is 0 Å². The van der Waals surface area contributed by atoms with E-state index in [9.17, 15) is 13.2 Å². The van der Waals surface area contributed by atoms with Crippen LogP contribution in [0.1, 0.15) is 13.8 Å². The summed E-state index contributed by atoms with van der Waals surface area (Å²) in [6.45, 7) is 1.97. The molecular weight excluding hydrogens is 367 g/mol. The van der Waals surface area contributed by atoms with Crippen molar-refractivity contribution in [3.8, 4) is 11.1 Å². The number of pyridine rings is 1. The molecule has 0 spiro atoms. The Hall–Kier alpha value is -3.16. The van der Waals surface area contributed by atoms with Gasteiger partial charge in [0.1, 0.15) is 0 Å². The topological polar surface area (TPSA) is 55.1 Å². The Kier molecular flexibility index (Phi) is 4.21. The first kappa shape index (κ1) is 18.2. The van der Waals surface area contributed by atoms with Gasteiger partial charge in [-0.15, -0.1) is 5.10 Å². The molecule has 28 heavy (non-hydrogen) atoms. The van der Waals surface area contributed by atoms with Crippen LogP contribution in [-0.4, -0.2) is 32.3 Å². The minimum absolute atomic E-state index is 0.148. The average Bonchev–Trinajstić information content (AvgIpc) is 3.08. The lowest BCUT2D eigenvalue weighted by atomic mass is 9.93. The van der Waals surface area contributed by atoms with Crippen molar-refractivity contribution in [3.05, 3.63) is 55.0 Å². The van der Waals surface area contributed by atoms with Crippen molar-refractivity contribution >= 4 is 22.4 Å². The normalized spacial score (nSPS) is 12.6. The number of nitrogens with zero attached hydrogens (tertiary/aromatic N) is 4. The maximum absolute atomic E-state index is 13.0. The second-order valence-corrected chi connectivity index (χ2v) is 7.29. The molecule has 0 amide bonds. The lowest BCUT2D eigenvalue weighted by molar-refractivity contribution is -0.206. The first-order valence-electron chi connectivity index (χ1n) is 8.75. The molecule has 4 aromatic rings. The average molecular weight is 385 g/mol. The van der Waals surface area contributed by atoms with E-state index in [-0.39, 0.29) is 12.5 Å². The molecular formula is C20H18F3N5. The molecule has 0 aliphatic carbocycles. The zero-order valence-electron chi connectivity index (χ0n) is 15.3. The zero-order chi connectivity index (χ0) is 19.9. The second-order valence-electron chi connectivity index (χ2n) is 7.29. The predicted octanol–water partition coefficient (Wildman–Crippen LogP) is 4.94. The first-order valence-corrected chi connectivity index (χ1v) is 8.75. The molecule has 0 saturated heterocycles. The fraction of sp³-hybridized carbons (Fsp3) is 0.250. The number of rotatable bonds is 4. The van der Waals surface area contributed by atoms with E-state index in [1.54, 1.807) is 23.1 Å². The van der Waals surface area contributed by atoms with E-state index >= 15 is 0 Å². The summed E-state index contributed by atoms with van der Waals surface area (Å²) < 4.78 is 40.6. The van der Waals surface area contributed by atoms with E-state index < -0.39 is 11.6 Å². The van der Waals surface area contributed by atoms with Crippen LogP contribution < -0.4 is 5.32 Å². The van der Waals surface area contributed by atoms with Crippen molar-refractivity contribution in [3.63, 3.8) is 0 Å². The summed E-state index contributed by atoms with van der Waals surface area (Å²) in [5.74, 6) is 0.148. The molecule has 0 aliphatic heterocycles. The molecule has 144 valence electrons. The summed E-state index contributed by atoms with van der Waals surface area (Å²) in [5, 5.41) is 7.99. The Morgan fingerprint density at radius 1 is 1.07 bits per heavy atom. The number of halogens is 3. The number of fused-ring (bicyclic) bond motifs is 2. The third-order valence-corrected chi connectivity index (χ3v) is 4.79. The fourth-order valence-electron chi connectivity index (χ4n) is 2.87. The van der Waals surface area contributed by atoms with Crippen LogP contribution in [-0.2, 0) is 0 Å². The molecule has 0 radical (unpaired) electrons. The predicted molar refractivity (Wildman–Crippen MR) is 102 cm³/mol. The van der Waals surface area contributed by atoms with Crippen molar-refractivity contribution in [2.45, 2.75) is 20.0 Å². The molecule has 5 nitrogen and oxygen atoms in total. The van der Waals surface area contributed by atoms with Crippen LogP contribution in [0.4, 0.5) is 19.1 Å². The minimum atomic E-state index is -4.31. The van der Waals surface area contributed by atoms with Gasteiger partial charge in [0.15, 0.2) is 0 Å². The lowest BCUT2D eigenvalue weighted by Crippen LogP contribution is -2.38. The largest absolute Gasteiger partial charge is 0.395 e. The first-order chi connectivity index (χ1) is 13.2. The number of aromatic nitrogens is 4.